The molecule has 0 aliphatic carbocycles. The second-order valence-electron chi connectivity index (χ2n) is 3.94. The minimum Gasteiger partial charge on any atom is -0.259 e. The molecule has 0 amide bonds. The van der Waals surface area contributed by atoms with Gasteiger partial charge in [0.15, 0.2) is 0 Å². The molecule has 0 fully saturated rings. The summed E-state index contributed by atoms with van der Waals surface area (Å²) in [5.74, 6) is 0.933. The van der Waals surface area contributed by atoms with Gasteiger partial charge in [-0.05, 0) is 23.5 Å². The smallest absolute Gasteiger partial charge is 0.0624 e. The van der Waals surface area contributed by atoms with Gasteiger partial charge in [-0.3, -0.25) is 4.98 Å². The van der Waals surface area contributed by atoms with Gasteiger partial charge in [-0.2, -0.15) is 0 Å². The average molecular weight is 198 g/mol. The molecule has 0 radical (unpaired) electrons. The lowest BCUT2D eigenvalue weighted by Gasteiger charge is -2.11. The molecular weight excluding hydrogens is 182 g/mol. The van der Waals surface area contributed by atoms with Gasteiger partial charge in [-0.25, -0.2) is 0 Å². The Hall–Kier alpha value is -0.560. The molecule has 0 atom stereocenters. The fourth-order valence-electron chi connectivity index (χ4n) is 1.23. The predicted octanol–water partition coefficient (Wildman–Crippen LogP) is 3.98. The molecule has 2 heteroatoms. The van der Waals surface area contributed by atoms with Crippen molar-refractivity contribution in [2.75, 3.05) is 0 Å². The standard InChI is InChI=1S/C11H16ClN/c1-7(2)9-5-11(8(3)4)13-6-10(9)12/h5-8H,1-4H3. The third-order valence-electron chi connectivity index (χ3n) is 2.12. The van der Waals surface area contributed by atoms with Crippen molar-refractivity contribution in [3.8, 4) is 0 Å². The first-order valence-electron chi connectivity index (χ1n) is 4.67. The van der Waals surface area contributed by atoms with Gasteiger partial charge in [-0.1, -0.05) is 39.3 Å². The van der Waals surface area contributed by atoms with E-state index in [1.165, 1.54) is 5.56 Å². The number of hydrogen-bond acceptors (Lipinski definition) is 1. The Morgan fingerprint density at radius 2 is 1.77 bits per heavy atom. The number of halogens is 1. The molecule has 0 saturated heterocycles. The maximum atomic E-state index is 6.03. The molecule has 0 aliphatic rings. The van der Waals surface area contributed by atoms with E-state index in [0.717, 1.165) is 10.7 Å². The Bertz CT molecular complexity index is 292. The molecule has 0 N–H and O–H groups in total. The van der Waals surface area contributed by atoms with Crippen molar-refractivity contribution >= 4 is 11.6 Å². The Balaban J connectivity index is 3.11. The third kappa shape index (κ3) is 2.44. The molecule has 0 aromatic carbocycles. The summed E-state index contributed by atoms with van der Waals surface area (Å²) in [6.07, 6.45) is 1.76. The van der Waals surface area contributed by atoms with Gasteiger partial charge in [0.25, 0.3) is 0 Å². The van der Waals surface area contributed by atoms with Crippen LogP contribution in [-0.2, 0) is 0 Å². The topological polar surface area (TPSA) is 12.9 Å². The van der Waals surface area contributed by atoms with Crippen LogP contribution in [0.3, 0.4) is 0 Å². The van der Waals surface area contributed by atoms with Crippen LogP contribution in [0, 0.1) is 0 Å². The highest BCUT2D eigenvalue weighted by atomic mass is 35.5. The number of pyridine rings is 1. The van der Waals surface area contributed by atoms with E-state index in [2.05, 4.69) is 38.7 Å². The first kappa shape index (κ1) is 10.5. The van der Waals surface area contributed by atoms with Gasteiger partial charge >= 0.3 is 0 Å². The lowest BCUT2D eigenvalue weighted by molar-refractivity contribution is 0.800. The molecule has 1 aromatic heterocycles. The Morgan fingerprint density at radius 1 is 1.15 bits per heavy atom. The van der Waals surface area contributed by atoms with Crippen molar-refractivity contribution in [1.82, 2.24) is 4.98 Å². The van der Waals surface area contributed by atoms with E-state index in [0.29, 0.717) is 11.8 Å². The second-order valence-corrected chi connectivity index (χ2v) is 4.35. The molecule has 0 bridgehead atoms. The average Bonchev–Trinajstić information content (AvgIpc) is 2.04. The van der Waals surface area contributed by atoms with E-state index < -0.39 is 0 Å². The van der Waals surface area contributed by atoms with Crippen LogP contribution in [0.5, 0.6) is 0 Å². The first-order valence-corrected chi connectivity index (χ1v) is 5.05. The van der Waals surface area contributed by atoms with Crippen molar-refractivity contribution in [2.24, 2.45) is 0 Å². The number of nitrogens with zero attached hydrogens (tertiary/aromatic N) is 1. The maximum absolute atomic E-state index is 6.03. The maximum Gasteiger partial charge on any atom is 0.0624 e. The highest BCUT2D eigenvalue weighted by molar-refractivity contribution is 6.31. The van der Waals surface area contributed by atoms with Crippen LogP contribution in [0.2, 0.25) is 5.02 Å². The van der Waals surface area contributed by atoms with Gasteiger partial charge in [0.05, 0.1) is 5.02 Å². The summed E-state index contributed by atoms with van der Waals surface area (Å²) >= 11 is 6.03. The molecule has 1 heterocycles. The van der Waals surface area contributed by atoms with Crippen LogP contribution < -0.4 is 0 Å². The summed E-state index contributed by atoms with van der Waals surface area (Å²) in [6, 6.07) is 2.11. The molecule has 0 saturated carbocycles. The van der Waals surface area contributed by atoms with Crippen molar-refractivity contribution in [1.29, 1.82) is 0 Å². The van der Waals surface area contributed by atoms with Gasteiger partial charge in [0.2, 0.25) is 0 Å². The largest absolute Gasteiger partial charge is 0.259 e. The monoisotopic (exact) mass is 197 g/mol. The van der Waals surface area contributed by atoms with Crippen LogP contribution >= 0.6 is 11.6 Å². The van der Waals surface area contributed by atoms with Crippen LogP contribution in [0.1, 0.15) is 50.8 Å². The zero-order valence-corrected chi connectivity index (χ0v) is 9.39. The first-order chi connectivity index (χ1) is 6.02. The number of rotatable bonds is 2. The normalized spacial score (nSPS) is 11.3. The summed E-state index contributed by atoms with van der Waals surface area (Å²) in [6.45, 7) is 8.57. The molecule has 0 aliphatic heterocycles. The molecule has 72 valence electrons. The van der Waals surface area contributed by atoms with E-state index >= 15 is 0 Å². The summed E-state index contributed by atoms with van der Waals surface area (Å²) < 4.78 is 0. The second kappa shape index (κ2) is 4.10. The van der Waals surface area contributed by atoms with E-state index in [1.807, 2.05) is 0 Å². The fraction of sp³-hybridized carbons (Fsp3) is 0.545. The van der Waals surface area contributed by atoms with Crippen LogP contribution in [-0.4, -0.2) is 4.98 Å². The van der Waals surface area contributed by atoms with E-state index in [1.54, 1.807) is 6.20 Å². The Labute approximate surface area is 85.1 Å². The van der Waals surface area contributed by atoms with Gasteiger partial charge in [-0.15, -0.1) is 0 Å². The molecule has 0 spiro atoms. The van der Waals surface area contributed by atoms with Gasteiger partial charge in [0.1, 0.15) is 0 Å². The Morgan fingerprint density at radius 3 is 2.23 bits per heavy atom. The van der Waals surface area contributed by atoms with Crippen molar-refractivity contribution in [2.45, 2.75) is 39.5 Å². The zero-order valence-electron chi connectivity index (χ0n) is 8.63. The van der Waals surface area contributed by atoms with E-state index in [-0.39, 0.29) is 0 Å². The van der Waals surface area contributed by atoms with Crippen LogP contribution in [0.15, 0.2) is 12.3 Å². The van der Waals surface area contributed by atoms with Crippen molar-refractivity contribution in [3.05, 3.63) is 28.5 Å². The number of hydrogen-bond donors (Lipinski definition) is 0. The van der Waals surface area contributed by atoms with E-state index in [9.17, 15) is 0 Å². The molecule has 1 rings (SSSR count). The molecule has 0 unspecified atom stereocenters. The van der Waals surface area contributed by atoms with Crippen molar-refractivity contribution in [3.63, 3.8) is 0 Å². The fourth-order valence-corrected chi connectivity index (χ4v) is 1.55. The molecule has 13 heavy (non-hydrogen) atoms. The SMILES string of the molecule is CC(C)c1cc(C(C)C)c(Cl)cn1. The summed E-state index contributed by atoms with van der Waals surface area (Å²) in [5.41, 5.74) is 2.31. The highest BCUT2D eigenvalue weighted by Gasteiger charge is 2.08. The minimum atomic E-state index is 0.466. The molecule has 1 aromatic rings. The zero-order chi connectivity index (χ0) is 10.0. The third-order valence-corrected chi connectivity index (χ3v) is 2.44. The van der Waals surface area contributed by atoms with Crippen molar-refractivity contribution < 1.29 is 0 Å². The quantitative estimate of drug-likeness (QED) is 0.699. The summed E-state index contributed by atoms with van der Waals surface area (Å²) in [5, 5.41) is 0.777. The van der Waals surface area contributed by atoms with Crippen LogP contribution in [0.25, 0.3) is 0 Å². The van der Waals surface area contributed by atoms with Gasteiger partial charge in [0, 0.05) is 11.9 Å². The summed E-state index contributed by atoms with van der Waals surface area (Å²) in [4.78, 5) is 4.29. The molecule has 1 nitrogen and oxygen atoms in total. The summed E-state index contributed by atoms with van der Waals surface area (Å²) in [7, 11) is 0. The lowest BCUT2D eigenvalue weighted by Crippen LogP contribution is -1.97. The van der Waals surface area contributed by atoms with Crippen LogP contribution in [0.4, 0.5) is 0 Å². The van der Waals surface area contributed by atoms with Gasteiger partial charge < -0.3 is 0 Å². The predicted molar refractivity (Wildman–Crippen MR) is 57.4 cm³/mol. The highest BCUT2D eigenvalue weighted by Crippen LogP contribution is 2.25. The minimum absolute atomic E-state index is 0.466. The molecular formula is C11H16ClN. The lowest BCUT2D eigenvalue weighted by atomic mass is 10.0. The Kier molecular flexibility index (Phi) is 3.32. The number of aromatic nitrogens is 1. The van der Waals surface area contributed by atoms with E-state index in [4.69, 9.17) is 11.6 Å².